The summed E-state index contributed by atoms with van der Waals surface area (Å²) in [5, 5.41) is 9.11. The number of halogens is 2. The van der Waals surface area contributed by atoms with Gasteiger partial charge >= 0.3 is 0 Å². The Bertz CT molecular complexity index is 284. The fourth-order valence-corrected chi connectivity index (χ4v) is 1.08. The molecule has 0 aliphatic heterocycles. The summed E-state index contributed by atoms with van der Waals surface area (Å²) < 4.78 is 25.3. The lowest BCUT2D eigenvalue weighted by atomic mass is 10.1. The van der Waals surface area contributed by atoms with E-state index in [2.05, 4.69) is 0 Å². The lowest BCUT2D eigenvalue weighted by Crippen LogP contribution is -1.90. The Morgan fingerprint density at radius 1 is 1.33 bits per heavy atom. The molecule has 66 valence electrons. The highest BCUT2D eigenvalue weighted by molar-refractivity contribution is 5.34. The lowest BCUT2D eigenvalue weighted by molar-refractivity contribution is 0.420. The summed E-state index contributed by atoms with van der Waals surface area (Å²) in [6.07, 6.45) is 1.23. The van der Waals surface area contributed by atoms with Crippen molar-refractivity contribution in [3.05, 3.63) is 29.3 Å². The molecule has 0 amide bonds. The minimum Gasteiger partial charge on any atom is -0.505 e. The molecule has 0 aliphatic rings. The summed E-state index contributed by atoms with van der Waals surface area (Å²) in [5.41, 5.74) is 0.329. The normalized spacial score (nSPS) is 10.2. The first-order valence-electron chi connectivity index (χ1n) is 3.82. The number of rotatable bonds is 2. The zero-order valence-corrected chi connectivity index (χ0v) is 6.77. The van der Waals surface area contributed by atoms with E-state index in [-0.39, 0.29) is 0 Å². The molecule has 0 unspecified atom stereocenters. The predicted octanol–water partition coefficient (Wildman–Crippen LogP) is 2.62. The van der Waals surface area contributed by atoms with Crippen LogP contribution in [0.2, 0.25) is 0 Å². The Hall–Kier alpha value is -1.12. The smallest absolute Gasteiger partial charge is 0.168 e. The van der Waals surface area contributed by atoms with Crippen LogP contribution in [0.25, 0.3) is 0 Å². The maximum absolute atomic E-state index is 12.7. The molecule has 1 rings (SSSR count). The molecular formula is C9H10F2O. The summed E-state index contributed by atoms with van der Waals surface area (Å²) in [4.78, 5) is 0. The van der Waals surface area contributed by atoms with Crippen LogP contribution in [-0.2, 0) is 6.42 Å². The summed E-state index contributed by atoms with van der Waals surface area (Å²) >= 11 is 0. The minimum absolute atomic E-state index is 0.329. The van der Waals surface area contributed by atoms with E-state index in [4.69, 9.17) is 5.11 Å². The molecule has 0 fully saturated rings. The number of aryl methyl sites for hydroxylation is 1. The third-order valence-corrected chi connectivity index (χ3v) is 1.63. The third kappa shape index (κ3) is 1.72. The average molecular weight is 172 g/mol. The first-order chi connectivity index (χ1) is 5.65. The van der Waals surface area contributed by atoms with Gasteiger partial charge in [-0.05, 0) is 18.1 Å². The van der Waals surface area contributed by atoms with Crippen molar-refractivity contribution in [2.75, 3.05) is 0 Å². The average Bonchev–Trinajstić information content (AvgIpc) is 2.00. The van der Waals surface area contributed by atoms with Gasteiger partial charge in [-0.15, -0.1) is 0 Å². The summed E-state index contributed by atoms with van der Waals surface area (Å²) in [6.45, 7) is 1.88. The fraction of sp³-hybridized carbons (Fsp3) is 0.333. The van der Waals surface area contributed by atoms with Crippen LogP contribution >= 0.6 is 0 Å². The second kappa shape index (κ2) is 3.52. The highest BCUT2D eigenvalue weighted by atomic mass is 19.1. The van der Waals surface area contributed by atoms with Crippen LogP contribution in [0, 0.1) is 11.6 Å². The Morgan fingerprint density at radius 2 is 2.00 bits per heavy atom. The standard InChI is InChI=1S/C9H10F2O/c1-2-3-6-4-7(10)5-8(11)9(6)12/h4-5,12H,2-3H2,1H3. The van der Waals surface area contributed by atoms with Gasteiger partial charge in [0.25, 0.3) is 0 Å². The summed E-state index contributed by atoms with van der Waals surface area (Å²) in [5.74, 6) is -1.97. The van der Waals surface area contributed by atoms with Gasteiger partial charge in [0.2, 0.25) is 0 Å². The number of benzene rings is 1. The SMILES string of the molecule is CCCc1cc(F)cc(F)c1O. The van der Waals surface area contributed by atoms with Crippen molar-refractivity contribution in [3.63, 3.8) is 0 Å². The van der Waals surface area contributed by atoms with Crippen molar-refractivity contribution in [2.45, 2.75) is 19.8 Å². The number of phenols is 1. The molecule has 0 heterocycles. The molecular weight excluding hydrogens is 162 g/mol. The summed E-state index contributed by atoms with van der Waals surface area (Å²) in [7, 11) is 0. The van der Waals surface area contributed by atoms with Gasteiger partial charge in [0.15, 0.2) is 11.6 Å². The van der Waals surface area contributed by atoms with Gasteiger partial charge in [0.1, 0.15) is 5.82 Å². The van der Waals surface area contributed by atoms with Crippen molar-refractivity contribution in [1.82, 2.24) is 0 Å². The molecule has 0 bridgehead atoms. The molecule has 0 aliphatic carbocycles. The maximum atomic E-state index is 12.7. The van der Waals surface area contributed by atoms with Crippen molar-refractivity contribution in [1.29, 1.82) is 0 Å². The first-order valence-corrected chi connectivity index (χ1v) is 3.82. The van der Waals surface area contributed by atoms with E-state index in [1.54, 1.807) is 0 Å². The molecule has 1 N–H and O–H groups in total. The Labute approximate surface area is 69.7 Å². The van der Waals surface area contributed by atoms with Crippen LogP contribution in [0.1, 0.15) is 18.9 Å². The maximum Gasteiger partial charge on any atom is 0.168 e. The van der Waals surface area contributed by atoms with Crippen molar-refractivity contribution in [2.24, 2.45) is 0 Å². The van der Waals surface area contributed by atoms with Crippen LogP contribution in [0.3, 0.4) is 0 Å². The fourth-order valence-electron chi connectivity index (χ4n) is 1.08. The van der Waals surface area contributed by atoms with Gasteiger partial charge < -0.3 is 5.11 Å². The van der Waals surface area contributed by atoms with Gasteiger partial charge in [-0.2, -0.15) is 0 Å². The molecule has 0 spiro atoms. The van der Waals surface area contributed by atoms with Crippen LogP contribution in [-0.4, -0.2) is 5.11 Å². The Balaban J connectivity index is 3.09. The third-order valence-electron chi connectivity index (χ3n) is 1.63. The van der Waals surface area contributed by atoms with E-state index in [1.165, 1.54) is 0 Å². The molecule has 0 saturated carbocycles. The van der Waals surface area contributed by atoms with Gasteiger partial charge in [0.05, 0.1) is 0 Å². The van der Waals surface area contributed by atoms with Gasteiger partial charge in [-0.3, -0.25) is 0 Å². The van der Waals surface area contributed by atoms with Crippen LogP contribution in [0.4, 0.5) is 8.78 Å². The largest absolute Gasteiger partial charge is 0.505 e. The second-order valence-electron chi connectivity index (χ2n) is 2.65. The Morgan fingerprint density at radius 3 is 2.58 bits per heavy atom. The van der Waals surface area contributed by atoms with E-state index < -0.39 is 17.4 Å². The molecule has 1 nitrogen and oxygen atoms in total. The molecule has 0 radical (unpaired) electrons. The predicted molar refractivity (Wildman–Crippen MR) is 42.0 cm³/mol. The number of hydrogen-bond donors (Lipinski definition) is 1. The molecule has 1 aromatic carbocycles. The quantitative estimate of drug-likeness (QED) is 0.727. The van der Waals surface area contributed by atoms with E-state index in [0.717, 1.165) is 12.5 Å². The Kier molecular flexibility index (Phi) is 2.63. The van der Waals surface area contributed by atoms with Crippen LogP contribution in [0.5, 0.6) is 5.75 Å². The lowest BCUT2D eigenvalue weighted by Gasteiger charge is -2.03. The zero-order valence-electron chi connectivity index (χ0n) is 6.77. The van der Waals surface area contributed by atoms with E-state index >= 15 is 0 Å². The molecule has 3 heteroatoms. The summed E-state index contributed by atoms with van der Waals surface area (Å²) in [6, 6.07) is 1.83. The zero-order chi connectivity index (χ0) is 9.14. The van der Waals surface area contributed by atoms with Crippen molar-refractivity contribution >= 4 is 0 Å². The molecule has 1 aromatic rings. The van der Waals surface area contributed by atoms with Crippen LogP contribution < -0.4 is 0 Å². The molecule has 12 heavy (non-hydrogen) atoms. The van der Waals surface area contributed by atoms with Crippen LogP contribution in [0.15, 0.2) is 12.1 Å². The molecule has 0 saturated heterocycles. The molecule has 0 atom stereocenters. The second-order valence-corrected chi connectivity index (χ2v) is 2.65. The number of aromatic hydroxyl groups is 1. The van der Waals surface area contributed by atoms with Gasteiger partial charge in [-0.25, -0.2) is 8.78 Å². The van der Waals surface area contributed by atoms with Gasteiger partial charge in [-0.1, -0.05) is 13.3 Å². The van der Waals surface area contributed by atoms with Gasteiger partial charge in [0, 0.05) is 6.07 Å². The minimum atomic E-state index is -0.890. The van der Waals surface area contributed by atoms with E-state index in [1.807, 2.05) is 6.92 Å². The first kappa shape index (κ1) is 8.97. The highest BCUT2D eigenvalue weighted by Gasteiger charge is 2.08. The van der Waals surface area contributed by atoms with E-state index in [0.29, 0.717) is 18.1 Å². The number of hydrogen-bond acceptors (Lipinski definition) is 1. The number of phenolic OH excluding ortho intramolecular Hbond substituents is 1. The monoisotopic (exact) mass is 172 g/mol. The van der Waals surface area contributed by atoms with E-state index in [9.17, 15) is 8.78 Å². The van der Waals surface area contributed by atoms with Crippen molar-refractivity contribution < 1.29 is 13.9 Å². The highest BCUT2D eigenvalue weighted by Crippen LogP contribution is 2.23. The molecule has 0 aromatic heterocycles. The van der Waals surface area contributed by atoms with Crippen molar-refractivity contribution in [3.8, 4) is 5.75 Å². The topological polar surface area (TPSA) is 20.2 Å².